The predicted octanol–water partition coefficient (Wildman–Crippen LogP) is -0.624. The molecule has 1 fully saturated rings. The van der Waals surface area contributed by atoms with Gasteiger partial charge in [-0.05, 0) is 5.56 Å². The minimum Gasteiger partial charge on any atom is -0.396 e. The number of nitrogens with zero attached hydrogens (tertiary/aromatic N) is 1. The van der Waals surface area contributed by atoms with Crippen molar-refractivity contribution in [3.63, 3.8) is 0 Å². The molecule has 9 heteroatoms. The summed E-state index contributed by atoms with van der Waals surface area (Å²) in [5, 5.41) is 41.6. The van der Waals surface area contributed by atoms with Crippen molar-refractivity contribution < 1.29 is 29.8 Å². The maximum absolute atomic E-state index is 12.5. The largest absolute Gasteiger partial charge is 0.396 e. The highest BCUT2D eigenvalue weighted by Gasteiger charge is 2.51. The number of non-ortho nitro benzene ring substituents is 1. The highest BCUT2D eigenvalue weighted by Crippen LogP contribution is 2.32. The van der Waals surface area contributed by atoms with Crippen molar-refractivity contribution in [1.82, 2.24) is 5.32 Å². The van der Waals surface area contributed by atoms with Crippen LogP contribution in [0.2, 0.25) is 0 Å². The van der Waals surface area contributed by atoms with Crippen LogP contribution in [0.3, 0.4) is 0 Å². The topological polar surface area (TPSA) is 150 Å². The van der Waals surface area contributed by atoms with Crippen LogP contribution >= 0.6 is 0 Å². The van der Waals surface area contributed by atoms with Gasteiger partial charge in [-0.3, -0.25) is 19.7 Å². The summed E-state index contributed by atoms with van der Waals surface area (Å²) in [6, 6.07) is 4.79. The van der Waals surface area contributed by atoms with Crippen molar-refractivity contribution in [3.05, 3.63) is 39.9 Å². The quantitative estimate of drug-likeness (QED) is 0.211. The van der Waals surface area contributed by atoms with Gasteiger partial charge in [0.2, 0.25) is 5.91 Å². The van der Waals surface area contributed by atoms with Crippen LogP contribution in [0.4, 0.5) is 5.69 Å². The number of hydrogen-bond donors (Lipinski definition) is 4. The highest BCUT2D eigenvalue weighted by molar-refractivity contribution is 5.94. The summed E-state index contributed by atoms with van der Waals surface area (Å²) >= 11 is 0. The molecule has 136 valence electrons. The molecule has 0 saturated carbocycles. The van der Waals surface area contributed by atoms with E-state index in [1.807, 2.05) is 0 Å². The summed E-state index contributed by atoms with van der Waals surface area (Å²) < 4.78 is 0. The van der Waals surface area contributed by atoms with E-state index in [-0.39, 0.29) is 24.6 Å². The average molecular weight is 352 g/mol. The minimum absolute atomic E-state index is 0.120. The van der Waals surface area contributed by atoms with E-state index in [0.29, 0.717) is 5.56 Å². The smallest absolute Gasteiger partial charge is 0.269 e. The number of nitro groups is 1. The van der Waals surface area contributed by atoms with Crippen LogP contribution in [0.15, 0.2) is 24.3 Å². The van der Waals surface area contributed by atoms with Gasteiger partial charge in [-0.15, -0.1) is 0 Å². The van der Waals surface area contributed by atoms with Crippen molar-refractivity contribution >= 4 is 17.4 Å². The lowest BCUT2D eigenvalue weighted by Gasteiger charge is -2.44. The molecule has 2 rings (SSSR count). The fourth-order valence-corrected chi connectivity index (χ4v) is 3.02. The number of nitrogens with one attached hydrogen (secondary N) is 1. The van der Waals surface area contributed by atoms with Gasteiger partial charge in [-0.25, -0.2) is 0 Å². The van der Waals surface area contributed by atoms with Gasteiger partial charge in [0, 0.05) is 37.1 Å². The maximum Gasteiger partial charge on any atom is 0.269 e. The average Bonchev–Trinajstić information content (AvgIpc) is 2.56. The van der Waals surface area contributed by atoms with E-state index in [2.05, 4.69) is 5.32 Å². The normalized spacial score (nSPS) is 22.0. The zero-order valence-corrected chi connectivity index (χ0v) is 13.5. The second-order valence-corrected chi connectivity index (χ2v) is 6.23. The van der Waals surface area contributed by atoms with Crippen molar-refractivity contribution in [1.29, 1.82) is 0 Å². The van der Waals surface area contributed by atoms with Crippen molar-refractivity contribution in [2.45, 2.75) is 25.7 Å². The summed E-state index contributed by atoms with van der Waals surface area (Å²) in [6.07, 6.45) is -2.21. The first-order valence-electron chi connectivity index (χ1n) is 7.79. The highest BCUT2D eigenvalue weighted by atomic mass is 16.6. The Balaban J connectivity index is 2.15. The molecule has 25 heavy (non-hydrogen) atoms. The molecule has 1 saturated heterocycles. The monoisotopic (exact) mass is 352 g/mol. The van der Waals surface area contributed by atoms with Crippen LogP contribution in [0.5, 0.6) is 0 Å². The van der Waals surface area contributed by atoms with Gasteiger partial charge in [0.25, 0.3) is 5.69 Å². The lowest BCUT2D eigenvalue weighted by molar-refractivity contribution is -0.384. The third-order valence-electron chi connectivity index (χ3n) is 4.51. The van der Waals surface area contributed by atoms with Gasteiger partial charge in [0.15, 0.2) is 6.29 Å². The Bertz CT molecular complexity index is 659. The molecular weight excluding hydrogens is 332 g/mol. The molecule has 0 bridgehead atoms. The molecule has 0 aliphatic carbocycles. The summed E-state index contributed by atoms with van der Waals surface area (Å²) in [5.41, 5.74) is 0.345. The summed E-state index contributed by atoms with van der Waals surface area (Å²) in [4.78, 5) is 34.4. The van der Waals surface area contributed by atoms with Crippen LogP contribution in [0.25, 0.3) is 0 Å². The van der Waals surface area contributed by atoms with E-state index in [4.69, 9.17) is 0 Å². The van der Waals surface area contributed by atoms with E-state index >= 15 is 0 Å². The van der Waals surface area contributed by atoms with Crippen LogP contribution < -0.4 is 5.32 Å². The standard InChI is InChI=1S/C16H20N2O7/c1-8(7-19)14-13(15(21)17-14)12(16(22)23)11(20)6-9-2-4-10(5-3-9)18(24)25/h2-5,8,12-14,16,19,22-23H,6-7H2,1H3,(H,17,21). The maximum atomic E-state index is 12.5. The third kappa shape index (κ3) is 4.01. The van der Waals surface area contributed by atoms with Crippen molar-refractivity contribution in [2.24, 2.45) is 17.8 Å². The fourth-order valence-electron chi connectivity index (χ4n) is 3.02. The molecule has 4 atom stereocenters. The Morgan fingerprint density at radius 3 is 2.36 bits per heavy atom. The molecule has 9 nitrogen and oxygen atoms in total. The Kier molecular flexibility index (Phi) is 5.83. The second kappa shape index (κ2) is 7.68. The number of nitro benzene ring substituents is 1. The predicted molar refractivity (Wildman–Crippen MR) is 85.2 cm³/mol. The Morgan fingerprint density at radius 2 is 1.92 bits per heavy atom. The number of aliphatic hydroxyl groups excluding tert-OH is 2. The summed E-state index contributed by atoms with van der Waals surface area (Å²) in [5.74, 6) is -3.63. The number of Topliss-reactive ketones (excluding diaryl/α,β-unsaturated/α-hetero) is 1. The zero-order valence-electron chi connectivity index (χ0n) is 13.5. The first kappa shape index (κ1) is 19.0. The lowest BCUT2D eigenvalue weighted by atomic mass is 9.71. The first-order chi connectivity index (χ1) is 11.8. The Hall–Kier alpha value is -2.36. The van der Waals surface area contributed by atoms with Gasteiger partial charge in [0.1, 0.15) is 5.78 Å². The number of amides is 1. The number of β-lactam (4-membered cyclic amide) rings is 1. The molecular formula is C16H20N2O7. The van der Waals surface area contributed by atoms with E-state index in [1.54, 1.807) is 6.92 Å². The van der Waals surface area contributed by atoms with Crippen molar-refractivity contribution in [2.75, 3.05) is 6.61 Å². The number of ketones is 1. The molecule has 0 aromatic heterocycles. The molecule has 4 unspecified atom stereocenters. The summed E-state index contributed by atoms with van der Waals surface area (Å²) in [7, 11) is 0. The van der Waals surface area contributed by atoms with E-state index in [9.17, 15) is 35.0 Å². The molecule has 1 aromatic rings. The van der Waals surface area contributed by atoms with E-state index in [1.165, 1.54) is 24.3 Å². The molecule has 1 aromatic carbocycles. The van der Waals surface area contributed by atoms with E-state index < -0.39 is 40.8 Å². The SMILES string of the molecule is CC(CO)C1NC(=O)C1C(C(=O)Cc1ccc([N+](=O)[O-])cc1)C(O)O. The molecule has 4 N–H and O–H groups in total. The third-order valence-corrected chi connectivity index (χ3v) is 4.51. The van der Waals surface area contributed by atoms with E-state index in [0.717, 1.165) is 0 Å². The van der Waals surface area contributed by atoms with Gasteiger partial charge in [-0.1, -0.05) is 19.1 Å². The molecule has 1 amide bonds. The number of aliphatic hydroxyl groups is 3. The minimum atomic E-state index is -2.02. The van der Waals surface area contributed by atoms with Crippen LogP contribution in [0.1, 0.15) is 12.5 Å². The van der Waals surface area contributed by atoms with Crippen molar-refractivity contribution in [3.8, 4) is 0 Å². The molecule has 0 radical (unpaired) electrons. The van der Waals surface area contributed by atoms with Crippen LogP contribution in [-0.4, -0.2) is 50.9 Å². The Labute approximate surface area is 143 Å². The number of rotatable bonds is 8. The number of carbonyl (C=O) groups is 2. The van der Waals surface area contributed by atoms with Gasteiger partial charge in [0.05, 0.1) is 16.8 Å². The zero-order chi connectivity index (χ0) is 18.7. The molecule has 1 heterocycles. The Morgan fingerprint density at radius 1 is 1.32 bits per heavy atom. The molecule has 1 aliphatic heterocycles. The number of hydrogen-bond acceptors (Lipinski definition) is 7. The molecule has 0 spiro atoms. The van der Waals surface area contributed by atoms with Gasteiger partial charge < -0.3 is 20.6 Å². The van der Waals surface area contributed by atoms with Crippen LogP contribution in [-0.2, 0) is 16.0 Å². The number of carbonyl (C=O) groups excluding carboxylic acids is 2. The van der Waals surface area contributed by atoms with Gasteiger partial charge >= 0.3 is 0 Å². The fraction of sp³-hybridized carbons (Fsp3) is 0.500. The lowest BCUT2D eigenvalue weighted by Crippen LogP contribution is -2.66. The first-order valence-corrected chi connectivity index (χ1v) is 7.79. The van der Waals surface area contributed by atoms with Crippen LogP contribution in [0, 0.1) is 27.9 Å². The summed E-state index contributed by atoms with van der Waals surface area (Å²) in [6.45, 7) is 1.46. The molecule has 1 aliphatic rings. The number of benzene rings is 1. The second-order valence-electron chi connectivity index (χ2n) is 6.23. The van der Waals surface area contributed by atoms with Gasteiger partial charge in [-0.2, -0.15) is 0 Å².